The van der Waals surface area contributed by atoms with Crippen molar-refractivity contribution in [2.75, 3.05) is 18.0 Å². The lowest BCUT2D eigenvalue weighted by Gasteiger charge is -2.24. The quantitative estimate of drug-likeness (QED) is 0.488. The molecule has 154 valence electrons. The van der Waals surface area contributed by atoms with Crippen LogP contribution in [0.3, 0.4) is 0 Å². The standard InChI is InChI=1S/C19H26N2O5S2/c1-4-13-27(22,23)21(14-16(3)17-7-9-18(20)10-8-17)26-28(24,25)19-11-5-15(2)6-12-19/h5-12,16H,4,13-14,20H2,1-3H3/t16-/m0/s1. The molecule has 0 spiro atoms. The summed E-state index contributed by atoms with van der Waals surface area (Å²) in [5.41, 5.74) is 7.97. The first-order chi connectivity index (χ1) is 13.0. The number of aryl methyl sites for hydroxylation is 1. The molecule has 0 saturated heterocycles. The lowest BCUT2D eigenvalue weighted by atomic mass is 10.0. The van der Waals surface area contributed by atoms with Gasteiger partial charge in [0.15, 0.2) is 0 Å². The SMILES string of the molecule is CCCS(=O)(=O)N(C[C@H](C)c1ccc(N)cc1)OS(=O)(=O)c1ccc(C)cc1. The van der Waals surface area contributed by atoms with E-state index in [4.69, 9.17) is 10.0 Å². The number of benzene rings is 2. The van der Waals surface area contributed by atoms with Crippen molar-refractivity contribution in [3.8, 4) is 0 Å². The van der Waals surface area contributed by atoms with E-state index in [1.165, 1.54) is 12.1 Å². The molecular weight excluding hydrogens is 400 g/mol. The summed E-state index contributed by atoms with van der Waals surface area (Å²) in [5.74, 6) is -0.523. The van der Waals surface area contributed by atoms with Crippen LogP contribution in [0.4, 0.5) is 5.69 Å². The van der Waals surface area contributed by atoms with Gasteiger partial charge in [-0.25, -0.2) is 8.42 Å². The lowest BCUT2D eigenvalue weighted by Crippen LogP contribution is -2.37. The summed E-state index contributed by atoms with van der Waals surface area (Å²) < 4.78 is 56.2. The molecule has 28 heavy (non-hydrogen) atoms. The van der Waals surface area contributed by atoms with Crippen LogP contribution in [0.1, 0.15) is 37.3 Å². The van der Waals surface area contributed by atoms with Gasteiger partial charge in [0.1, 0.15) is 0 Å². The minimum atomic E-state index is -4.29. The van der Waals surface area contributed by atoms with E-state index in [1.54, 1.807) is 50.2 Å². The van der Waals surface area contributed by atoms with Crippen LogP contribution >= 0.6 is 0 Å². The maximum absolute atomic E-state index is 12.6. The molecule has 9 heteroatoms. The molecule has 1 atom stereocenters. The van der Waals surface area contributed by atoms with Gasteiger partial charge in [-0.15, -0.1) is 0 Å². The highest BCUT2D eigenvalue weighted by molar-refractivity contribution is 7.90. The topological polar surface area (TPSA) is 107 Å². The van der Waals surface area contributed by atoms with Crippen LogP contribution in [0, 0.1) is 6.92 Å². The summed E-state index contributed by atoms with van der Waals surface area (Å²) in [7, 11) is -8.21. The number of hydrogen-bond acceptors (Lipinski definition) is 6. The number of hydroxylamine groups is 1. The third-order valence-electron chi connectivity index (χ3n) is 4.19. The van der Waals surface area contributed by atoms with Crippen molar-refractivity contribution in [3.63, 3.8) is 0 Å². The number of rotatable bonds is 9. The van der Waals surface area contributed by atoms with Gasteiger partial charge in [-0.3, -0.25) is 0 Å². The molecule has 0 fully saturated rings. The van der Waals surface area contributed by atoms with Crippen molar-refractivity contribution in [1.82, 2.24) is 4.47 Å². The highest BCUT2D eigenvalue weighted by Crippen LogP contribution is 2.23. The number of sulfonamides is 1. The Bertz CT molecular complexity index is 986. The first kappa shape index (κ1) is 22.4. The van der Waals surface area contributed by atoms with Crippen LogP contribution in [0.5, 0.6) is 0 Å². The van der Waals surface area contributed by atoms with Crippen molar-refractivity contribution in [2.24, 2.45) is 0 Å². The van der Waals surface area contributed by atoms with Crippen molar-refractivity contribution >= 4 is 25.8 Å². The zero-order valence-electron chi connectivity index (χ0n) is 16.2. The number of hydrogen-bond donors (Lipinski definition) is 1. The number of nitrogens with zero attached hydrogens (tertiary/aromatic N) is 1. The van der Waals surface area contributed by atoms with Crippen LogP contribution in [0.15, 0.2) is 53.4 Å². The fourth-order valence-corrected chi connectivity index (χ4v) is 5.18. The predicted octanol–water partition coefficient (Wildman–Crippen LogP) is 3.04. The summed E-state index contributed by atoms with van der Waals surface area (Å²) in [5, 5.41) is 0. The Morgan fingerprint density at radius 2 is 1.57 bits per heavy atom. The minimum Gasteiger partial charge on any atom is -0.399 e. The third kappa shape index (κ3) is 5.78. The summed E-state index contributed by atoms with van der Waals surface area (Å²) in [6.07, 6.45) is 0.336. The Kier molecular flexibility index (Phi) is 7.22. The van der Waals surface area contributed by atoms with Gasteiger partial charge >= 0.3 is 10.1 Å². The fraction of sp³-hybridized carbons (Fsp3) is 0.368. The van der Waals surface area contributed by atoms with E-state index in [9.17, 15) is 16.8 Å². The largest absolute Gasteiger partial charge is 0.399 e. The average molecular weight is 427 g/mol. The average Bonchev–Trinajstić information content (AvgIpc) is 2.61. The Morgan fingerprint density at radius 1 is 1.00 bits per heavy atom. The molecule has 7 nitrogen and oxygen atoms in total. The second-order valence-corrected chi connectivity index (χ2v) is 10.2. The highest BCUT2D eigenvalue weighted by Gasteiger charge is 2.31. The molecule has 0 amide bonds. The lowest BCUT2D eigenvalue weighted by molar-refractivity contribution is 0.0397. The van der Waals surface area contributed by atoms with E-state index < -0.39 is 20.1 Å². The molecule has 0 aliphatic rings. The number of nitrogens with two attached hydrogens (primary N) is 1. The third-order valence-corrected chi connectivity index (χ3v) is 7.28. The molecular formula is C19H26N2O5S2. The second-order valence-electron chi connectivity index (χ2n) is 6.71. The molecule has 0 saturated carbocycles. The van der Waals surface area contributed by atoms with Gasteiger partial charge in [0.2, 0.25) is 10.0 Å². The first-order valence-corrected chi connectivity index (χ1v) is 11.9. The smallest absolute Gasteiger partial charge is 0.314 e. The normalized spacial score (nSPS) is 13.6. The maximum atomic E-state index is 12.6. The van der Waals surface area contributed by atoms with Gasteiger partial charge in [0.05, 0.1) is 10.6 Å². The van der Waals surface area contributed by atoms with E-state index in [-0.39, 0.29) is 23.1 Å². The highest BCUT2D eigenvalue weighted by atomic mass is 32.2. The molecule has 0 aliphatic carbocycles. The number of nitrogen functional groups attached to an aromatic ring is 1. The molecule has 2 aromatic carbocycles. The van der Waals surface area contributed by atoms with Gasteiger partial charge in [0.25, 0.3) is 0 Å². The van der Waals surface area contributed by atoms with E-state index >= 15 is 0 Å². The monoisotopic (exact) mass is 426 g/mol. The summed E-state index contributed by atoms with van der Waals surface area (Å²) in [6.45, 7) is 5.18. The zero-order chi connectivity index (χ0) is 20.9. The molecule has 0 aromatic heterocycles. The molecule has 0 aliphatic heterocycles. The Labute approximate surface area is 167 Å². The summed E-state index contributed by atoms with van der Waals surface area (Å²) in [6, 6.07) is 13.0. The van der Waals surface area contributed by atoms with Gasteiger partial charge in [-0.05, 0) is 49.1 Å². The van der Waals surface area contributed by atoms with Crippen molar-refractivity contribution < 1.29 is 21.1 Å². The molecule has 2 rings (SSSR count). The molecule has 0 bridgehead atoms. The van der Waals surface area contributed by atoms with Gasteiger partial charge in [-0.2, -0.15) is 12.7 Å². The van der Waals surface area contributed by atoms with Crippen LogP contribution in [0.2, 0.25) is 0 Å². The summed E-state index contributed by atoms with van der Waals surface area (Å²) in [4.78, 5) is -0.102. The zero-order valence-corrected chi connectivity index (χ0v) is 17.8. The molecule has 0 unspecified atom stereocenters. The van der Waals surface area contributed by atoms with E-state index in [2.05, 4.69) is 0 Å². The molecule has 0 radical (unpaired) electrons. The van der Waals surface area contributed by atoms with Crippen LogP contribution in [-0.2, 0) is 24.4 Å². The fourth-order valence-electron chi connectivity index (χ4n) is 2.56. The van der Waals surface area contributed by atoms with E-state index in [0.717, 1.165) is 11.1 Å². The van der Waals surface area contributed by atoms with Crippen molar-refractivity contribution in [1.29, 1.82) is 0 Å². The predicted molar refractivity (Wildman–Crippen MR) is 110 cm³/mol. The minimum absolute atomic E-state index is 0.102. The first-order valence-electron chi connectivity index (χ1n) is 8.92. The molecule has 0 heterocycles. The maximum Gasteiger partial charge on any atom is 0.314 e. The second kappa shape index (κ2) is 9.04. The number of anilines is 1. The van der Waals surface area contributed by atoms with E-state index in [0.29, 0.717) is 16.6 Å². The molecule has 2 N–H and O–H groups in total. The Hall–Kier alpha value is -1.94. The van der Waals surface area contributed by atoms with Crippen molar-refractivity contribution in [2.45, 2.75) is 38.0 Å². The van der Waals surface area contributed by atoms with Gasteiger partial charge in [0, 0.05) is 12.2 Å². The Balaban J connectivity index is 2.31. The van der Waals surface area contributed by atoms with Crippen molar-refractivity contribution in [3.05, 3.63) is 59.7 Å². The molecule has 2 aromatic rings. The van der Waals surface area contributed by atoms with Crippen LogP contribution in [0.25, 0.3) is 0 Å². The van der Waals surface area contributed by atoms with Crippen LogP contribution in [-0.4, -0.2) is 33.6 Å². The van der Waals surface area contributed by atoms with Crippen LogP contribution < -0.4 is 5.73 Å². The van der Waals surface area contributed by atoms with Gasteiger partial charge < -0.3 is 5.73 Å². The van der Waals surface area contributed by atoms with E-state index in [1.807, 2.05) is 6.92 Å². The van der Waals surface area contributed by atoms with Gasteiger partial charge in [-0.1, -0.05) is 48.1 Å². The summed E-state index contributed by atoms with van der Waals surface area (Å²) >= 11 is 0. The Morgan fingerprint density at radius 3 is 2.11 bits per heavy atom.